The van der Waals surface area contributed by atoms with Crippen LogP contribution in [0.3, 0.4) is 0 Å². The highest BCUT2D eigenvalue weighted by Crippen LogP contribution is 2.03. The van der Waals surface area contributed by atoms with E-state index in [1.807, 2.05) is 6.07 Å². The summed E-state index contributed by atoms with van der Waals surface area (Å²) in [5.41, 5.74) is 3.82. The normalized spacial score (nSPS) is 10.5. The molecule has 0 unspecified atom stereocenters. The van der Waals surface area contributed by atoms with Crippen LogP contribution in [-0.4, -0.2) is 20.7 Å². The summed E-state index contributed by atoms with van der Waals surface area (Å²) < 4.78 is 5.78. The maximum atomic E-state index is 5.78. The predicted octanol–water partition coefficient (Wildman–Crippen LogP) is 4.46. The SMILES string of the molecule is C(CCCCCOCc1ccccc1)=[Si](c1ccccc1)c1ccccc1. The third-order valence-electron chi connectivity index (χ3n) is 4.62. The van der Waals surface area contributed by atoms with Crippen LogP contribution in [0.1, 0.15) is 31.2 Å². The minimum Gasteiger partial charge on any atom is -0.377 e. The van der Waals surface area contributed by atoms with Crippen LogP contribution in [0.25, 0.3) is 0 Å². The van der Waals surface area contributed by atoms with E-state index in [1.165, 1.54) is 35.2 Å². The van der Waals surface area contributed by atoms with Crippen LogP contribution in [0.15, 0.2) is 91.0 Å². The van der Waals surface area contributed by atoms with Crippen molar-refractivity contribution in [3.05, 3.63) is 96.6 Å². The first-order chi connectivity index (χ1) is 13.4. The van der Waals surface area contributed by atoms with Crippen molar-refractivity contribution in [2.75, 3.05) is 6.61 Å². The van der Waals surface area contributed by atoms with Gasteiger partial charge in [0.15, 0.2) is 0 Å². The quantitative estimate of drug-likeness (QED) is 0.377. The smallest absolute Gasteiger partial charge is 0.0760 e. The van der Waals surface area contributed by atoms with Crippen molar-refractivity contribution in [3.63, 3.8) is 0 Å². The molecule has 0 bridgehead atoms. The van der Waals surface area contributed by atoms with Crippen molar-refractivity contribution in [2.24, 2.45) is 0 Å². The van der Waals surface area contributed by atoms with Crippen molar-refractivity contribution in [3.8, 4) is 0 Å². The fraction of sp³-hybridized carbons (Fsp3) is 0.240. The van der Waals surface area contributed by atoms with Gasteiger partial charge in [0.1, 0.15) is 0 Å². The molecular weight excluding hydrogens is 344 g/mol. The lowest BCUT2D eigenvalue weighted by atomic mass is 10.2. The fourth-order valence-electron chi connectivity index (χ4n) is 3.17. The van der Waals surface area contributed by atoms with E-state index in [9.17, 15) is 0 Å². The Morgan fingerprint density at radius 1 is 0.630 bits per heavy atom. The standard InChI is InChI=1S/C25H28OSi/c1(12-20-26-22-23-14-6-3-7-15-23)2-13-21-27(24-16-8-4-9-17-24)25-18-10-5-11-19-25/h3-11,14-19,21H,1-2,12-13,20,22H2. The number of benzene rings is 3. The zero-order valence-corrected chi connectivity index (χ0v) is 16.9. The molecule has 3 aromatic rings. The molecule has 3 rings (SSSR count). The van der Waals surface area contributed by atoms with Gasteiger partial charge in [-0.05, 0) is 28.8 Å². The van der Waals surface area contributed by atoms with Crippen LogP contribution in [0.5, 0.6) is 0 Å². The van der Waals surface area contributed by atoms with Crippen LogP contribution in [0.2, 0.25) is 0 Å². The second-order valence-corrected chi connectivity index (χ2v) is 9.13. The van der Waals surface area contributed by atoms with Gasteiger partial charge in [0.2, 0.25) is 0 Å². The number of ether oxygens (including phenoxy) is 1. The van der Waals surface area contributed by atoms with Gasteiger partial charge in [-0.1, -0.05) is 110 Å². The van der Waals surface area contributed by atoms with Gasteiger partial charge in [0.05, 0.1) is 15.0 Å². The number of rotatable bonds is 10. The number of hydrogen-bond donors (Lipinski definition) is 0. The molecule has 0 heterocycles. The van der Waals surface area contributed by atoms with Crippen molar-refractivity contribution in [2.45, 2.75) is 32.3 Å². The van der Waals surface area contributed by atoms with E-state index in [0.717, 1.165) is 19.6 Å². The Kier molecular flexibility index (Phi) is 8.24. The highest BCUT2D eigenvalue weighted by atomic mass is 28.2. The van der Waals surface area contributed by atoms with Crippen LogP contribution in [-0.2, 0) is 11.3 Å². The first-order valence-electron chi connectivity index (χ1n) is 9.86. The summed E-state index contributed by atoms with van der Waals surface area (Å²) in [5, 5.41) is 2.94. The molecule has 0 saturated heterocycles. The van der Waals surface area contributed by atoms with E-state index in [2.05, 4.69) is 90.6 Å². The summed E-state index contributed by atoms with van der Waals surface area (Å²) >= 11 is 0. The molecule has 0 amide bonds. The van der Waals surface area contributed by atoms with Crippen LogP contribution < -0.4 is 10.4 Å². The van der Waals surface area contributed by atoms with E-state index in [0.29, 0.717) is 0 Å². The highest BCUT2D eigenvalue weighted by Gasteiger charge is 2.05. The number of unbranched alkanes of at least 4 members (excludes halogenated alkanes) is 3. The van der Waals surface area contributed by atoms with Crippen molar-refractivity contribution < 1.29 is 4.74 Å². The summed E-state index contributed by atoms with van der Waals surface area (Å²) in [4.78, 5) is 0. The second-order valence-electron chi connectivity index (χ2n) is 6.74. The molecule has 0 fully saturated rings. The summed E-state index contributed by atoms with van der Waals surface area (Å²) in [6.45, 7) is 1.58. The molecule has 27 heavy (non-hydrogen) atoms. The van der Waals surface area contributed by atoms with Crippen LogP contribution in [0.4, 0.5) is 0 Å². The van der Waals surface area contributed by atoms with Crippen LogP contribution >= 0.6 is 0 Å². The molecule has 1 nitrogen and oxygen atoms in total. The Hall–Kier alpha value is -2.29. The maximum absolute atomic E-state index is 5.78. The lowest BCUT2D eigenvalue weighted by molar-refractivity contribution is 0.117. The molecular formula is C25H28OSi. The van der Waals surface area contributed by atoms with Crippen molar-refractivity contribution in [1.29, 1.82) is 0 Å². The van der Waals surface area contributed by atoms with E-state index in [4.69, 9.17) is 4.74 Å². The Bertz CT molecular complexity index is 756. The predicted molar refractivity (Wildman–Crippen MR) is 119 cm³/mol. The minimum atomic E-state index is -0.789. The average molecular weight is 373 g/mol. The number of hydrogen-bond acceptors (Lipinski definition) is 1. The fourth-order valence-corrected chi connectivity index (χ4v) is 5.57. The van der Waals surface area contributed by atoms with Crippen molar-refractivity contribution >= 4 is 24.5 Å². The topological polar surface area (TPSA) is 9.23 Å². The molecule has 0 aliphatic heterocycles. The minimum absolute atomic E-state index is 0.724. The largest absolute Gasteiger partial charge is 0.377 e. The van der Waals surface area contributed by atoms with Crippen LogP contribution in [0, 0.1) is 0 Å². The van der Waals surface area contributed by atoms with Gasteiger partial charge < -0.3 is 4.74 Å². The van der Waals surface area contributed by atoms with Gasteiger partial charge in [-0.3, -0.25) is 0 Å². The molecule has 0 saturated carbocycles. The molecule has 2 heteroatoms. The Morgan fingerprint density at radius 3 is 1.78 bits per heavy atom. The van der Waals surface area contributed by atoms with E-state index >= 15 is 0 Å². The molecule has 0 radical (unpaired) electrons. The lowest BCUT2D eigenvalue weighted by Crippen LogP contribution is -2.36. The summed E-state index contributed by atoms with van der Waals surface area (Å²) in [5.74, 6) is 0. The third-order valence-corrected chi connectivity index (χ3v) is 7.23. The monoisotopic (exact) mass is 372 g/mol. The third kappa shape index (κ3) is 6.74. The lowest BCUT2D eigenvalue weighted by Gasteiger charge is -2.08. The van der Waals surface area contributed by atoms with Gasteiger partial charge in [-0.15, -0.1) is 0 Å². The zero-order chi connectivity index (χ0) is 18.6. The first-order valence-corrected chi connectivity index (χ1v) is 11.4. The Labute approximate surface area is 164 Å². The summed E-state index contributed by atoms with van der Waals surface area (Å²) in [7, 11) is -0.789. The highest BCUT2D eigenvalue weighted by molar-refractivity contribution is 6.88. The van der Waals surface area contributed by atoms with Gasteiger partial charge in [-0.25, -0.2) is 0 Å². The molecule has 3 aromatic carbocycles. The van der Waals surface area contributed by atoms with E-state index < -0.39 is 8.41 Å². The summed E-state index contributed by atoms with van der Waals surface area (Å²) in [6, 6.07) is 32.3. The van der Waals surface area contributed by atoms with Gasteiger partial charge in [-0.2, -0.15) is 0 Å². The van der Waals surface area contributed by atoms with Gasteiger partial charge >= 0.3 is 0 Å². The van der Waals surface area contributed by atoms with Crippen molar-refractivity contribution in [1.82, 2.24) is 0 Å². The maximum Gasteiger partial charge on any atom is 0.0760 e. The zero-order valence-electron chi connectivity index (χ0n) is 15.9. The molecule has 0 aliphatic rings. The molecule has 0 aromatic heterocycles. The Morgan fingerprint density at radius 2 is 1.19 bits per heavy atom. The van der Waals surface area contributed by atoms with E-state index in [1.54, 1.807) is 0 Å². The van der Waals surface area contributed by atoms with E-state index in [-0.39, 0.29) is 0 Å². The Balaban J connectivity index is 1.44. The van der Waals surface area contributed by atoms with Gasteiger partial charge in [0, 0.05) is 6.61 Å². The molecule has 0 spiro atoms. The van der Waals surface area contributed by atoms with Gasteiger partial charge in [0.25, 0.3) is 0 Å². The first kappa shape index (κ1) is 19.5. The molecule has 0 atom stereocenters. The average Bonchev–Trinajstić information content (AvgIpc) is 2.75. The second kappa shape index (κ2) is 11.4. The molecule has 0 N–H and O–H groups in total. The molecule has 0 aliphatic carbocycles. The summed E-state index contributed by atoms with van der Waals surface area (Å²) in [6.07, 6.45) is 4.78. The molecule has 138 valence electrons.